The summed E-state index contributed by atoms with van der Waals surface area (Å²) in [6.45, 7) is 14.3. The fraction of sp³-hybridized carbons (Fsp3) is 0.720. The number of aliphatic imine (C=N–C) groups is 1. The molecule has 0 aromatic heterocycles. The monoisotopic (exact) mass is 573 g/mol. The molecule has 2 aliphatic rings. The number of aryl methyl sites for hydroxylation is 1. The summed E-state index contributed by atoms with van der Waals surface area (Å²) in [6.07, 6.45) is 2.43. The van der Waals surface area contributed by atoms with Crippen molar-refractivity contribution in [3.63, 3.8) is 0 Å². The van der Waals surface area contributed by atoms with Crippen molar-refractivity contribution < 1.29 is 9.47 Å². The van der Waals surface area contributed by atoms with Crippen LogP contribution in [-0.2, 0) is 11.3 Å². The number of benzene rings is 1. The molecular weight excluding hydrogens is 529 g/mol. The van der Waals surface area contributed by atoms with Gasteiger partial charge in [-0.1, -0.05) is 26.0 Å². The molecule has 188 valence electrons. The van der Waals surface area contributed by atoms with E-state index in [4.69, 9.17) is 9.47 Å². The van der Waals surface area contributed by atoms with E-state index in [0.29, 0.717) is 25.1 Å². The Kier molecular flexibility index (Phi) is 12.2. The number of piperazine rings is 1. The largest absolute Gasteiger partial charge is 0.491 e. The minimum Gasteiger partial charge on any atom is -0.491 e. The maximum absolute atomic E-state index is 6.15. The van der Waals surface area contributed by atoms with Gasteiger partial charge in [0.05, 0.1) is 6.10 Å². The van der Waals surface area contributed by atoms with Crippen LogP contribution < -0.4 is 15.4 Å². The Bertz CT molecular complexity index is 732. The minimum atomic E-state index is 0. The van der Waals surface area contributed by atoms with E-state index < -0.39 is 0 Å². The Morgan fingerprint density at radius 2 is 1.97 bits per heavy atom. The van der Waals surface area contributed by atoms with Gasteiger partial charge in [-0.3, -0.25) is 9.89 Å². The number of hydrogen-bond acceptors (Lipinski definition) is 5. The highest BCUT2D eigenvalue weighted by molar-refractivity contribution is 14.0. The van der Waals surface area contributed by atoms with E-state index in [2.05, 4.69) is 71.4 Å². The second kappa shape index (κ2) is 14.3. The molecule has 7 nitrogen and oxygen atoms in total. The molecule has 2 unspecified atom stereocenters. The first-order chi connectivity index (χ1) is 15.5. The normalized spacial score (nSPS) is 21.0. The lowest BCUT2D eigenvalue weighted by molar-refractivity contribution is 0.0676. The Labute approximate surface area is 217 Å². The summed E-state index contributed by atoms with van der Waals surface area (Å²) in [4.78, 5) is 9.47. The average Bonchev–Trinajstić information content (AvgIpc) is 3.30. The minimum absolute atomic E-state index is 0. The topological polar surface area (TPSA) is 61.4 Å². The summed E-state index contributed by atoms with van der Waals surface area (Å²) in [5, 5.41) is 7.04. The molecule has 2 fully saturated rings. The number of guanidine groups is 1. The maximum atomic E-state index is 6.15. The Morgan fingerprint density at radius 1 is 1.21 bits per heavy atom. The van der Waals surface area contributed by atoms with Crippen LogP contribution in [0, 0.1) is 12.8 Å². The van der Waals surface area contributed by atoms with E-state index in [1.165, 1.54) is 5.56 Å². The molecule has 0 bridgehead atoms. The van der Waals surface area contributed by atoms with Crippen molar-refractivity contribution >= 4 is 29.9 Å². The highest BCUT2D eigenvalue weighted by atomic mass is 127. The van der Waals surface area contributed by atoms with Gasteiger partial charge in [-0.15, -0.1) is 24.0 Å². The first kappa shape index (κ1) is 28.1. The van der Waals surface area contributed by atoms with Gasteiger partial charge in [0.15, 0.2) is 5.96 Å². The van der Waals surface area contributed by atoms with Gasteiger partial charge in [-0.25, -0.2) is 0 Å². The molecule has 0 aliphatic carbocycles. The number of likely N-dealkylation sites (N-methyl/N-ethyl adjacent to an activating group) is 1. The van der Waals surface area contributed by atoms with Gasteiger partial charge in [-0.05, 0) is 44.4 Å². The maximum Gasteiger partial charge on any atom is 0.191 e. The van der Waals surface area contributed by atoms with Gasteiger partial charge in [0.1, 0.15) is 12.4 Å². The van der Waals surface area contributed by atoms with Crippen LogP contribution in [0.15, 0.2) is 23.2 Å². The molecule has 1 aromatic rings. The molecular formula is C25H44IN5O2. The summed E-state index contributed by atoms with van der Waals surface area (Å²) >= 11 is 0. The smallest absolute Gasteiger partial charge is 0.191 e. The van der Waals surface area contributed by atoms with Crippen molar-refractivity contribution in [1.82, 2.24) is 20.4 Å². The zero-order valence-corrected chi connectivity index (χ0v) is 23.4. The van der Waals surface area contributed by atoms with E-state index in [0.717, 1.165) is 69.4 Å². The first-order valence-electron chi connectivity index (χ1n) is 12.2. The highest BCUT2D eigenvalue weighted by Crippen LogP contribution is 2.22. The molecule has 0 amide bonds. The third-order valence-electron chi connectivity index (χ3n) is 6.60. The lowest BCUT2D eigenvalue weighted by Crippen LogP contribution is -2.55. The van der Waals surface area contributed by atoms with Crippen LogP contribution >= 0.6 is 24.0 Å². The number of ether oxygens (including phenoxy) is 2. The molecule has 0 spiro atoms. The zero-order valence-electron chi connectivity index (χ0n) is 21.1. The van der Waals surface area contributed by atoms with Gasteiger partial charge >= 0.3 is 0 Å². The van der Waals surface area contributed by atoms with E-state index in [1.807, 2.05) is 7.05 Å². The lowest BCUT2D eigenvalue weighted by Gasteiger charge is -2.40. The number of halogens is 1. The first-order valence-corrected chi connectivity index (χ1v) is 12.2. The summed E-state index contributed by atoms with van der Waals surface area (Å²) in [5.74, 6) is 2.34. The second-order valence-corrected chi connectivity index (χ2v) is 9.51. The zero-order chi connectivity index (χ0) is 22.9. The molecule has 0 radical (unpaired) electrons. The van der Waals surface area contributed by atoms with Crippen LogP contribution in [0.4, 0.5) is 0 Å². The van der Waals surface area contributed by atoms with Crippen molar-refractivity contribution in [3.8, 4) is 5.75 Å². The van der Waals surface area contributed by atoms with Crippen molar-refractivity contribution in [3.05, 3.63) is 29.3 Å². The summed E-state index contributed by atoms with van der Waals surface area (Å²) < 4.78 is 11.9. The number of hydrogen-bond donors (Lipinski definition) is 2. The fourth-order valence-corrected chi connectivity index (χ4v) is 4.44. The number of nitrogens with zero attached hydrogens (tertiary/aromatic N) is 3. The number of rotatable bonds is 9. The SMILES string of the molecule is CN=C(NCc1ccc(C)cc1OCC1CCCO1)NCC(C(C)C)N1CCN(C)CC1.I. The molecule has 2 saturated heterocycles. The quantitative estimate of drug-likeness (QED) is 0.269. The summed E-state index contributed by atoms with van der Waals surface area (Å²) in [6, 6.07) is 6.88. The van der Waals surface area contributed by atoms with Crippen LogP contribution in [-0.4, -0.2) is 87.9 Å². The Hall–Kier alpha value is -1.10. The van der Waals surface area contributed by atoms with Gasteiger partial charge in [-0.2, -0.15) is 0 Å². The molecule has 2 aliphatic heterocycles. The Morgan fingerprint density at radius 3 is 2.61 bits per heavy atom. The predicted octanol–water partition coefficient (Wildman–Crippen LogP) is 3.11. The van der Waals surface area contributed by atoms with E-state index in [9.17, 15) is 0 Å². The lowest BCUT2D eigenvalue weighted by atomic mass is 10.0. The second-order valence-electron chi connectivity index (χ2n) is 9.51. The van der Waals surface area contributed by atoms with Gasteiger partial charge < -0.3 is 25.0 Å². The predicted molar refractivity (Wildman–Crippen MR) is 147 cm³/mol. The van der Waals surface area contributed by atoms with Crippen LogP contribution in [0.3, 0.4) is 0 Å². The van der Waals surface area contributed by atoms with Crippen LogP contribution in [0.1, 0.15) is 37.8 Å². The molecule has 2 heterocycles. The molecule has 0 saturated carbocycles. The van der Waals surface area contributed by atoms with Crippen molar-refractivity contribution in [2.45, 2.75) is 52.3 Å². The number of nitrogens with one attached hydrogen (secondary N) is 2. The van der Waals surface area contributed by atoms with Crippen LogP contribution in [0.25, 0.3) is 0 Å². The van der Waals surface area contributed by atoms with Crippen molar-refractivity contribution in [2.24, 2.45) is 10.9 Å². The molecule has 1 aromatic carbocycles. The van der Waals surface area contributed by atoms with E-state index >= 15 is 0 Å². The summed E-state index contributed by atoms with van der Waals surface area (Å²) in [7, 11) is 4.04. The van der Waals surface area contributed by atoms with Crippen LogP contribution in [0.5, 0.6) is 5.75 Å². The summed E-state index contributed by atoms with van der Waals surface area (Å²) in [5.41, 5.74) is 2.33. The molecule has 8 heteroatoms. The molecule has 3 rings (SSSR count). The van der Waals surface area contributed by atoms with Crippen molar-refractivity contribution in [1.29, 1.82) is 0 Å². The molecule has 2 N–H and O–H groups in total. The fourth-order valence-electron chi connectivity index (χ4n) is 4.44. The van der Waals surface area contributed by atoms with Gasteiger partial charge in [0.2, 0.25) is 0 Å². The van der Waals surface area contributed by atoms with E-state index in [-0.39, 0.29) is 30.1 Å². The average molecular weight is 574 g/mol. The third-order valence-corrected chi connectivity index (χ3v) is 6.60. The van der Waals surface area contributed by atoms with Crippen LogP contribution in [0.2, 0.25) is 0 Å². The van der Waals surface area contributed by atoms with Crippen molar-refractivity contribution in [2.75, 3.05) is 60.0 Å². The third kappa shape index (κ3) is 8.88. The van der Waals surface area contributed by atoms with Gasteiger partial charge in [0.25, 0.3) is 0 Å². The standard InChI is InChI=1S/C25H43N5O2.HI/c1-19(2)23(30-12-10-29(5)11-13-30)17-28-25(26-4)27-16-21-9-8-20(3)15-24(21)32-18-22-7-6-14-31-22;/h8-9,15,19,22-23H,6-7,10-14,16-18H2,1-5H3,(H2,26,27,28);1H. The molecule has 2 atom stereocenters. The van der Waals surface area contributed by atoms with E-state index in [1.54, 1.807) is 0 Å². The molecule has 33 heavy (non-hydrogen) atoms. The highest BCUT2D eigenvalue weighted by Gasteiger charge is 2.25. The van der Waals surface area contributed by atoms with Gasteiger partial charge in [0, 0.05) is 64.5 Å². The Balaban J connectivity index is 0.00000385.